The Labute approximate surface area is 162 Å². The van der Waals surface area contributed by atoms with Crippen molar-refractivity contribution in [1.29, 1.82) is 0 Å². The molecular weight excluding hydrogens is 364 g/mol. The molecule has 2 aromatic rings. The van der Waals surface area contributed by atoms with Gasteiger partial charge in [0, 0.05) is 25.2 Å². The van der Waals surface area contributed by atoms with Crippen molar-refractivity contribution in [2.75, 3.05) is 22.9 Å². The number of fused-ring (bicyclic) bond motifs is 2. The molecule has 0 fully saturated rings. The maximum Gasteiger partial charge on any atom is 0.366 e. The molecule has 2 aromatic heterocycles. The van der Waals surface area contributed by atoms with Gasteiger partial charge in [-0.2, -0.15) is 0 Å². The quantitative estimate of drug-likeness (QED) is 0.481. The first-order valence-electron chi connectivity index (χ1n) is 9.33. The minimum atomic E-state index is -0.516. The summed E-state index contributed by atoms with van der Waals surface area (Å²) in [5, 5.41) is 22.5. The van der Waals surface area contributed by atoms with E-state index in [9.17, 15) is 20.2 Å². The van der Waals surface area contributed by atoms with Gasteiger partial charge in [0.25, 0.3) is 11.6 Å². The first-order valence-corrected chi connectivity index (χ1v) is 9.33. The van der Waals surface area contributed by atoms with Gasteiger partial charge in [-0.3, -0.25) is 9.80 Å². The van der Waals surface area contributed by atoms with Crippen LogP contribution in [-0.4, -0.2) is 32.9 Å². The van der Waals surface area contributed by atoms with Crippen molar-refractivity contribution in [3.05, 3.63) is 44.5 Å². The van der Waals surface area contributed by atoms with Crippen molar-refractivity contribution in [3.8, 4) is 0 Å². The van der Waals surface area contributed by atoms with Crippen LogP contribution in [0.3, 0.4) is 0 Å². The molecule has 0 N–H and O–H groups in total. The molecule has 1 aliphatic heterocycles. The Bertz CT molecular complexity index is 830. The van der Waals surface area contributed by atoms with Crippen LogP contribution in [0.4, 0.5) is 34.6 Å². The summed E-state index contributed by atoms with van der Waals surface area (Å²) in [4.78, 5) is 33.8. The van der Waals surface area contributed by atoms with E-state index in [0.29, 0.717) is 36.1 Å². The van der Waals surface area contributed by atoms with Crippen LogP contribution in [0.15, 0.2) is 24.3 Å². The van der Waals surface area contributed by atoms with Gasteiger partial charge in [-0.1, -0.05) is 26.7 Å². The Kier molecular flexibility index (Phi) is 5.67. The molecule has 0 bridgehead atoms. The van der Waals surface area contributed by atoms with E-state index in [4.69, 9.17) is 0 Å². The first kappa shape index (κ1) is 19.5. The highest BCUT2D eigenvalue weighted by Gasteiger charge is 2.37. The molecule has 0 aliphatic carbocycles. The van der Waals surface area contributed by atoms with Crippen molar-refractivity contribution >= 4 is 34.6 Å². The van der Waals surface area contributed by atoms with Crippen LogP contribution in [0.1, 0.15) is 39.5 Å². The summed E-state index contributed by atoms with van der Waals surface area (Å²) in [5.41, 5.74) is 1.35. The summed E-state index contributed by atoms with van der Waals surface area (Å²) >= 11 is 0. The molecule has 0 spiro atoms. The normalized spacial score (nSPS) is 12.5. The van der Waals surface area contributed by atoms with E-state index in [1.54, 1.807) is 12.1 Å². The summed E-state index contributed by atoms with van der Waals surface area (Å²) < 4.78 is 0. The molecule has 148 valence electrons. The van der Waals surface area contributed by atoms with E-state index in [1.165, 1.54) is 12.1 Å². The predicted molar refractivity (Wildman–Crippen MR) is 106 cm³/mol. The van der Waals surface area contributed by atoms with Gasteiger partial charge < -0.3 is 20.2 Å². The zero-order valence-electron chi connectivity index (χ0n) is 15.9. The molecule has 1 aliphatic rings. The highest BCUT2D eigenvalue weighted by atomic mass is 16.6. The maximum absolute atomic E-state index is 11.2. The van der Waals surface area contributed by atoms with Gasteiger partial charge in [0.05, 0.1) is 0 Å². The van der Waals surface area contributed by atoms with E-state index in [-0.39, 0.29) is 11.6 Å². The van der Waals surface area contributed by atoms with Gasteiger partial charge in [-0.05, 0) is 44.8 Å². The fourth-order valence-electron chi connectivity index (χ4n) is 3.20. The van der Waals surface area contributed by atoms with E-state index < -0.39 is 9.85 Å². The molecule has 0 amide bonds. The molecule has 10 heteroatoms. The molecule has 0 saturated carbocycles. The highest BCUT2D eigenvalue weighted by molar-refractivity contribution is 5.90. The van der Waals surface area contributed by atoms with Gasteiger partial charge in [-0.25, -0.2) is 0 Å². The van der Waals surface area contributed by atoms with E-state index in [0.717, 1.165) is 25.7 Å². The number of anilines is 4. The number of hydrogen-bond donors (Lipinski definition) is 0. The average Bonchev–Trinajstić information content (AvgIpc) is 2.69. The lowest BCUT2D eigenvalue weighted by Gasteiger charge is -2.34. The number of aromatic nitrogens is 2. The van der Waals surface area contributed by atoms with Crippen molar-refractivity contribution in [1.82, 2.24) is 9.97 Å². The minimum Gasteiger partial charge on any atom is -0.358 e. The molecule has 0 unspecified atom stereocenters. The zero-order valence-corrected chi connectivity index (χ0v) is 15.9. The molecule has 10 nitrogen and oxygen atoms in total. The number of nitro groups is 2. The Morgan fingerprint density at radius 2 is 1.18 bits per heavy atom. The van der Waals surface area contributed by atoms with Gasteiger partial charge in [-0.15, -0.1) is 0 Å². The second-order valence-electron chi connectivity index (χ2n) is 6.55. The molecule has 0 radical (unpaired) electrons. The first-order chi connectivity index (χ1) is 13.5. The molecule has 3 heterocycles. The van der Waals surface area contributed by atoms with Gasteiger partial charge >= 0.3 is 11.6 Å². The van der Waals surface area contributed by atoms with E-state index in [1.807, 2.05) is 23.6 Å². The summed E-state index contributed by atoms with van der Waals surface area (Å²) in [6, 6.07) is 6.02. The standard InChI is InChI=1S/C18H22N6O4/c1-3-5-11-21-13-7-9-16(24(27)28)20-18(13)22(12-6-4-2)14-8-10-15(23(25)26)19-17(14)21/h7-10H,3-6,11-12H2,1-2H3. The predicted octanol–water partition coefficient (Wildman–Crippen LogP) is 4.48. The minimum absolute atomic E-state index is 0.228. The Hall–Kier alpha value is -3.30. The second-order valence-corrected chi connectivity index (χ2v) is 6.55. The van der Waals surface area contributed by atoms with Crippen LogP contribution in [0, 0.1) is 20.2 Å². The number of pyridine rings is 2. The summed E-state index contributed by atoms with van der Waals surface area (Å²) in [5.74, 6) is 0.520. The lowest BCUT2D eigenvalue weighted by Crippen LogP contribution is -2.32. The molecule has 0 aromatic carbocycles. The summed E-state index contributed by atoms with van der Waals surface area (Å²) in [6.07, 6.45) is 3.54. The van der Waals surface area contributed by atoms with Gasteiger partial charge in [0.2, 0.25) is 0 Å². The Morgan fingerprint density at radius 3 is 1.50 bits per heavy atom. The third kappa shape index (κ3) is 3.57. The zero-order chi connectivity index (χ0) is 20.3. The van der Waals surface area contributed by atoms with E-state index in [2.05, 4.69) is 9.97 Å². The number of unbranched alkanes of at least 4 members (excludes halogenated alkanes) is 2. The summed E-state index contributed by atoms with van der Waals surface area (Å²) in [7, 11) is 0. The lowest BCUT2D eigenvalue weighted by molar-refractivity contribution is -0.389. The topological polar surface area (TPSA) is 119 Å². The number of rotatable bonds is 8. The van der Waals surface area contributed by atoms with Gasteiger partial charge in [0.1, 0.15) is 11.4 Å². The molecule has 0 atom stereocenters. The van der Waals surface area contributed by atoms with Crippen LogP contribution >= 0.6 is 0 Å². The number of nitrogens with zero attached hydrogens (tertiary/aromatic N) is 6. The molecule has 28 heavy (non-hydrogen) atoms. The van der Waals surface area contributed by atoms with Crippen molar-refractivity contribution in [2.24, 2.45) is 0 Å². The van der Waals surface area contributed by atoms with Crippen LogP contribution in [-0.2, 0) is 0 Å². The van der Waals surface area contributed by atoms with Crippen LogP contribution in [0.25, 0.3) is 0 Å². The van der Waals surface area contributed by atoms with E-state index >= 15 is 0 Å². The monoisotopic (exact) mass is 386 g/mol. The summed E-state index contributed by atoms with van der Waals surface area (Å²) in [6.45, 7) is 5.28. The van der Waals surface area contributed by atoms with Crippen LogP contribution < -0.4 is 9.80 Å². The Balaban J connectivity index is 2.19. The smallest absolute Gasteiger partial charge is 0.358 e. The number of hydrogen-bond acceptors (Lipinski definition) is 8. The second kappa shape index (κ2) is 8.15. The van der Waals surface area contributed by atoms with Crippen LogP contribution in [0.5, 0.6) is 0 Å². The van der Waals surface area contributed by atoms with Gasteiger partial charge in [0.15, 0.2) is 0 Å². The highest BCUT2D eigenvalue weighted by Crippen LogP contribution is 2.47. The largest absolute Gasteiger partial charge is 0.366 e. The average molecular weight is 386 g/mol. The lowest BCUT2D eigenvalue weighted by atomic mass is 10.1. The Morgan fingerprint density at radius 1 is 0.786 bits per heavy atom. The molecule has 0 saturated heterocycles. The van der Waals surface area contributed by atoms with Crippen molar-refractivity contribution in [2.45, 2.75) is 39.5 Å². The fourth-order valence-corrected chi connectivity index (χ4v) is 3.20. The SMILES string of the molecule is CCCCN1c2ccc([N+](=O)[O-])nc2N(CCCC)c2ccc([N+](=O)[O-])nc21. The third-order valence-electron chi connectivity index (χ3n) is 4.62. The van der Waals surface area contributed by atoms with Crippen molar-refractivity contribution < 1.29 is 9.85 Å². The molecular formula is C18H22N6O4. The molecule has 3 rings (SSSR count). The van der Waals surface area contributed by atoms with Crippen molar-refractivity contribution in [3.63, 3.8) is 0 Å². The fraction of sp³-hybridized carbons (Fsp3) is 0.444. The van der Waals surface area contributed by atoms with Crippen LogP contribution in [0.2, 0.25) is 0 Å². The maximum atomic E-state index is 11.2. The third-order valence-corrected chi connectivity index (χ3v) is 4.62.